The van der Waals surface area contributed by atoms with Crippen molar-refractivity contribution >= 4 is 40.1 Å². The average molecular weight is 336 g/mol. The smallest absolute Gasteiger partial charge is 0.293 e. The van der Waals surface area contributed by atoms with Crippen LogP contribution in [0.3, 0.4) is 0 Å². The molecular formula is C14H16N4O4S. The van der Waals surface area contributed by atoms with E-state index in [0.717, 1.165) is 5.56 Å². The van der Waals surface area contributed by atoms with Crippen molar-refractivity contribution in [3.05, 3.63) is 33.9 Å². The molecule has 1 heterocycles. The summed E-state index contributed by atoms with van der Waals surface area (Å²) < 4.78 is 0. The van der Waals surface area contributed by atoms with Gasteiger partial charge in [0.25, 0.3) is 5.69 Å². The lowest BCUT2D eigenvalue weighted by Gasteiger charge is -2.09. The highest BCUT2D eigenvalue weighted by Crippen LogP contribution is 2.30. The molecule has 1 aliphatic heterocycles. The highest BCUT2D eigenvalue weighted by atomic mass is 32.2. The van der Waals surface area contributed by atoms with Gasteiger partial charge in [-0.3, -0.25) is 29.6 Å². The number of nitro benzene ring substituents is 1. The summed E-state index contributed by atoms with van der Waals surface area (Å²) in [6.07, 6.45) is -0.0715. The molecule has 1 saturated heterocycles. The number of nitrogens with zero attached hydrogens (tertiary/aromatic N) is 3. The van der Waals surface area contributed by atoms with Crippen LogP contribution in [0.15, 0.2) is 23.2 Å². The summed E-state index contributed by atoms with van der Waals surface area (Å²) in [4.78, 5) is 40.0. The fraction of sp³-hybridized carbons (Fsp3) is 0.357. The normalized spacial score (nSPS) is 19.3. The van der Waals surface area contributed by atoms with Crippen molar-refractivity contribution in [1.82, 2.24) is 4.90 Å². The molecule has 0 saturated carbocycles. The number of hydrogen-bond acceptors (Lipinski definition) is 6. The van der Waals surface area contributed by atoms with Crippen LogP contribution in [0, 0.1) is 17.0 Å². The van der Waals surface area contributed by atoms with E-state index in [-0.39, 0.29) is 23.7 Å². The first-order valence-corrected chi connectivity index (χ1v) is 7.67. The third-order valence-electron chi connectivity index (χ3n) is 3.33. The number of amides is 2. The van der Waals surface area contributed by atoms with Gasteiger partial charge in [-0.25, -0.2) is 0 Å². The fourth-order valence-corrected chi connectivity index (χ4v) is 3.27. The summed E-state index contributed by atoms with van der Waals surface area (Å²) in [5.74, 6) is -0.655. The maximum atomic E-state index is 12.1. The van der Waals surface area contributed by atoms with Crippen LogP contribution in [0.1, 0.15) is 12.0 Å². The Hall–Kier alpha value is -2.42. The molecule has 1 fully saturated rings. The standard InChI is InChI=1S/C14H16N4O4S/c1-8-4-5-9(10(6-8)18(21)22)16-12(19)7-11-13(20)17(3)14(15-2)23-11/h4-6,11H,7H2,1-3H3,(H,16,19). The second-order valence-electron chi connectivity index (χ2n) is 5.04. The van der Waals surface area contributed by atoms with Gasteiger partial charge in [0.2, 0.25) is 11.8 Å². The number of anilines is 1. The van der Waals surface area contributed by atoms with Crippen LogP contribution in [-0.2, 0) is 9.59 Å². The fourth-order valence-electron chi connectivity index (χ4n) is 2.17. The van der Waals surface area contributed by atoms with Crippen molar-refractivity contribution in [2.45, 2.75) is 18.6 Å². The third-order valence-corrected chi connectivity index (χ3v) is 4.65. The molecule has 1 N–H and O–H groups in total. The lowest BCUT2D eigenvalue weighted by Crippen LogP contribution is -2.30. The zero-order valence-corrected chi connectivity index (χ0v) is 13.7. The second kappa shape index (κ2) is 6.78. The Morgan fingerprint density at radius 2 is 2.22 bits per heavy atom. The summed E-state index contributed by atoms with van der Waals surface area (Å²) in [5, 5.41) is 13.5. The molecule has 0 aliphatic carbocycles. The zero-order chi connectivity index (χ0) is 17.1. The first-order valence-electron chi connectivity index (χ1n) is 6.79. The molecule has 1 unspecified atom stereocenters. The van der Waals surface area contributed by atoms with Gasteiger partial charge < -0.3 is 5.32 Å². The van der Waals surface area contributed by atoms with Crippen molar-refractivity contribution < 1.29 is 14.5 Å². The van der Waals surface area contributed by atoms with Crippen LogP contribution in [-0.4, -0.2) is 46.2 Å². The third kappa shape index (κ3) is 3.67. The van der Waals surface area contributed by atoms with E-state index in [9.17, 15) is 19.7 Å². The highest BCUT2D eigenvalue weighted by molar-refractivity contribution is 8.15. The van der Waals surface area contributed by atoms with Crippen LogP contribution >= 0.6 is 11.8 Å². The molecule has 122 valence electrons. The van der Waals surface area contributed by atoms with Crippen LogP contribution in [0.2, 0.25) is 0 Å². The van der Waals surface area contributed by atoms with Gasteiger partial charge in [0.15, 0.2) is 5.17 Å². The van der Waals surface area contributed by atoms with Crippen molar-refractivity contribution in [3.63, 3.8) is 0 Å². The SMILES string of the molecule is CN=C1SC(CC(=O)Nc2ccc(C)cc2[N+](=O)[O-])C(=O)N1C. The topological polar surface area (TPSA) is 105 Å². The molecule has 0 aromatic heterocycles. The Bertz CT molecular complexity index is 704. The van der Waals surface area contributed by atoms with Crippen LogP contribution < -0.4 is 5.32 Å². The highest BCUT2D eigenvalue weighted by Gasteiger charge is 2.36. The molecule has 23 heavy (non-hydrogen) atoms. The Balaban J connectivity index is 2.09. The molecule has 9 heteroatoms. The molecule has 0 radical (unpaired) electrons. The van der Waals surface area contributed by atoms with E-state index in [1.165, 1.54) is 28.8 Å². The van der Waals surface area contributed by atoms with Crippen LogP contribution in [0.25, 0.3) is 0 Å². The molecular weight excluding hydrogens is 320 g/mol. The minimum atomic E-state index is -0.566. The maximum absolute atomic E-state index is 12.1. The second-order valence-corrected chi connectivity index (χ2v) is 6.21. The average Bonchev–Trinajstić information content (AvgIpc) is 2.76. The number of aryl methyl sites for hydroxylation is 1. The largest absolute Gasteiger partial charge is 0.320 e. The zero-order valence-electron chi connectivity index (χ0n) is 12.9. The van der Waals surface area contributed by atoms with Crippen molar-refractivity contribution in [2.75, 3.05) is 19.4 Å². The molecule has 1 aromatic rings. The number of rotatable bonds is 4. The van der Waals surface area contributed by atoms with E-state index >= 15 is 0 Å². The molecule has 2 amide bonds. The number of aliphatic imine (C=N–C) groups is 1. The van der Waals surface area contributed by atoms with Gasteiger partial charge >= 0.3 is 0 Å². The van der Waals surface area contributed by atoms with E-state index in [1.807, 2.05) is 0 Å². The van der Waals surface area contributed by atoms with Crippen LogP contribution in [0.4, 0.5) is 11.4 Å². The minimum Gasteiger partial charge on any atom is -0.320 e. The number of nitro groups is 1. The molecule has 1 aromatic carbocycles. The monoisotopic (exact) mass is 336 g/mol. The summed E-state index contributed by atoms with van der Waals surface area (Å²) in [6, 6.07) is 4.55. The van der Waals surface area contributed by atoms with E-state index in [4.69, 9.17) is 0 Å². The van der Waals surface area contributed by atoms with Crippen molar-refractivity contribution in [1.29, 1.82) is 0 Å². The Morgan fingerprint density at radius 1 is 1.52 bits per heavy atom. The number of hydrogen-bond donors (Lipinski definition) is 1. The lowest BCUT2D eigenvalue weighted by molar-refractivity contribution is -0.384. The van der Waals surface area contributed by atoms with E-state index < -0.39 is 16.1 Å². The van der Waals surface area contributed by atoms with Gasteiger partial charge in [0.1, 0.15) is 10.9 Å². The number of amidine groups is 1. The molecule has 8 nitrogen and oxygen atoms in total. The molecule has 0 spiro atoms. The Morgan fingerprint density at radius 3 is 2.78 bits per heavy atom. The van der Waals surface area contributed by atoms with E-state index in [1.54, 1.807) is 27.1 Å². The van der Waals surface area contributed by atoms with Gasteiger partial charge in [0.05, 0.1) is 4.92 Å². The van der Waals surface area contributed by atoms with Gasteiger partial charge in [-0.1, -0.05) is 17.8 Å². The molecule has 1 atom stereocenters. The number of carbonyl (C=O) groups is 2. The number of benzene rings is 1. The van der Waals surface area contributed by atoms with Gasteiger partial charge in [-0.05, 0) is 18.6 Å². The molecule has 0 bridgehead atoms. The molecule has 1 aliphatic rings. The van der Waals surface area contributed by atoms with Gasteiger partial charge in [-0.2, -0.15) is 0 Å². The first-order chi connectivity index (χ1) is 10.8. The van der Waals surface area contributed by atoms with Gasteiger partial charge in [0, 0.05) is 26.6 Å². The van der Waals surface area contributed by atoms with Crippen LogP contribution in [0.5, 0.6) is 0 Å². The maximum Gasteiger partial charge on any atom is 0.293 e. The van der Waals surface area contributed by atoms with Crippen molar-refractivity contribution in [2.24, 2.45) is 4.99 Å². The van der Waals surface area contributed by atoms with E-state index in [0.29, 0.717) is 5.17 Å². The quantitative estimate of drug-likeness (QED) is 0.666. The summed E-state index contributed by atoms with van der Waals surface area (Å²) in [7, 11) is 3.17. The lowest BCUT2D eigenvalue weighted by atomic mass is 10.2. The molecule has 2 rings (SSSR count). The number of thioether (sulfide) groups is 1. The number of carbonyl (C=O) groups excluding carboxylic acids is 2. The number of nitrogens with one attached hydrogen (secondary N) is 1. The Kier molecular flexibility index (Phi) is 4.99. The summed E-state index contributed by atoms with van der Waals surface area (Å²) in [6.45, 7) is 1.73. The van der Waals surface area contributed by atoms with E-state index in [2.05, 4.69) is 10.3 Å². The predicted octanol–water partition coefficient (Wildman–Crippen LogP) is 1.79. The summed E-state index contributed by atoms with van der Waals surface area (Å²) >= 11 is 1.21. The van der Waals surface area contributed by atoms with Gasteiger partial charge in [-0.15, -0.1) is 0 Å². The first kappa shape index (κ1) is 16.9. The summed E-state index contributed by atoms with van der Waals surface area (Å²) in [5.41, 5.74) is 0.678. The van der Waals surface area contributed by atoms with Crippen molar-refractivity contribution in [3.8, 4) is 0 Å². The minimum absolute atomic E-state index is 0.0715. The predicted molar refractivity (Wildman–Crippen MR) is 88.6 cm³/mol. The Labute approximate surface area is 137 Å².